The van der Waals surface area contributed by atoms with E-state index >= 15 is 0 Å². The van der Waals surface area contributed by atoms with Gasteiger partial charge in [0.05, 0.1) is 31.5 Å². The van der Waals surface area contributed by atoms with Crippen molar-refractivity contribution in [1.82, 2.24) is 30.6 Å². The van der Waals surface area contributed by atoms with E-state index in [9.17, 15) is 24.0 Å². The number of carbonyl (C=O) groups excluding carboxylic acids is 5. The average molecular weight is 916 g/mol. The maximum atomic E-state index is 13.9. The molecule has 5 aromatic rings. The number of esters is 1. The van der Waals surface area contributed by atoms with Gasteiger partial charge < -0.3 is 40.3 Å². The van der Waals surface area contributed by atoms with Crippen molar-refractivity contribution in [1.29, 1.82) is 0 Å². The third kappa shape index (κ3) is 11.8. The summed E-state index contributed by atoms with van der Waals surface area (Å²) < 4.78 is 16.7. The minimum Gasteiger partial charge on any atom is -0.488 e. The van der Waals surface area contributed by atoms with Crippen LogP contribution in [-0.2, 0) is 43.4 Å². The molecule has 0 saturated carbocycles. The topological polar surface area (TPSA) is 224 Å². The van der Waals surface area contributed by atoms with Crippen LogP contribution in [0.4, 0.5) is 0 Å². The van der Waals surface area contributed by atoms with Gasteiger partial charge in [-0.25, -0.2) is 0 Å². The zero-order valence-electron chi connectivity index (χ0n) is 36.5. The lowest BCUT2D eigenvalue weighted by Gasteiger charge is -2.25. The molecule has 3 aromatic carbocycles. The van der Waals surface area contributed by atoms with Crippen molar-refractivity contribution < 1.29 is 38.0 Å². The van der Waals surface area contributed by atoms with E-state index in [0.717, 1.165) is 16.7 Å². The van der Waals surface area contributed by atoms with E-state index in [-0.39, 0.29) is 75.0 Å². The first kappa shape index (κ1) is 46.6. The van der Waals surface area contributed by atoms with Crippen molar-refractivity contribution in [2.45, 2.75) is 70.8 Å². The van der Waals surface area contributed by atoms with Gasteiger partial charge in [0.2, 0.25) is 17.7 Å². The number of nitrogens with two attached hydrogens (primary N) is 1. The molecule has 0 spiro atoms. The van der Waals surface area contributed by atoms with E-state index in [0.29, 0.717) is 58.3 Å². The number of hydrogen-bond acceptors (Lipinski definition) is 13. The van der Waals surface area contributed by atoms with Gasteiger partial charge in [-0.2, -0.15) is 5.10 Å². The molecule has 4 heterocycles. The first-order valence-corrected chi connectivity index (χ1v) is 21.9. The summed E-state index contributed by atoms with van der Waals surface area (Å²) in [4.78, 5) is 78.2. The number of ether oxygens (including phenoxy) is 2. The molecule has 2 aliphatic rings. The number of amides is 4. The summed E-state index contributed by atoms with van der Waals surface area (Å²) in [7, 11) is 0. The molecular formula is C48H50ClN9O8. The van der Waals surface area contributed by atoms with Crippen molar-refractivity contribution >= 4 is 53.1 Å². The van der Waals surface area contributed by atoms with Gasteiger partial charge in [-0.3, -0.25) is 33.9 Å². The van der Waals surface area contributed by atoms with Crippen LogP contribution in [0, 0.1) is 6.92 Å². The zero-order chi connectivity index (χ0) is 46.6. The standard InChI is InChI=1S/C48H50ClN9O8/c1-3-64-45(60)28-52-27-40(55-50)34-6-4-7-35(21-34)48(63)57-19-5-8-41(57)46(61)54-26-36-13-14-37(49)22-43(36)65-39-23-42(58(29-39)44(59)24-38-20-30(2)56-66-38)47(62)53-25-31-9-11-32(12-10-31)33-15-17-51-18-16-33/h4,6-7,9-18,20-22,27,39,41-42H,3,5,8,19,23-26,28-29,50H2,1-2H3,(H,53,62)(H,54,61)/t39-,41+,42+/m1/s1. The number of rotatable bonds is 17. The summed E-state index contributed by atoms with van der Waals surface area (Å²) >= 11 is 6.46. The molecule has 2 aliphatic heterocycles. The normalized spacial score (nSPS) is 17.2. The summed E-state index contributed by atoms with van der Waals surface area (Å²) in [6, 6.07) is 23.5. The van der Waals surface area contributed by atoms with E-state index in [1.54, 1.807) is 74.8 Å². The number of aliphatic imine (C=N–C) groups is 1. The highest BCUT2D eigenvalue weighted by Crippen LogP contribution is 2.30. The SMILES string of the molecule is CCOC(=O)CN=CC(=NN)c1cccc(C(=O)N2CCC[C@H]2C(=O)NCc2ccc(Cl)cc2O[C@@H]2C[C@@H](C(=O)NCc3ccc(-c4ccncc4)cc3)N(C(=O)Cc3cc(C)no3)C2)c1. The van der Waals surface area contributed by atoms with Crippen LogP contribution in [0.5, 0.6) is 5.75 Å². The fourth-order valence-electron chi connectivity index (χ4n) is 7.94. The molecule has 2 saturated heterocycles. The van der Waals surface area contributed by atoms with E-state index in [1.807, 2.05) is 36.4 Å². The van der Waals surface area contributed by atoms with Gasteiger partial charge in [-0.05, 0) is 79.8 Å². The Bertz CT molecular complexity index is 2600. The molecule has 2 aromatic heterocycles. The number of likely N-dealkylation sites (tertiary alicyclic amines) is 2. The molecule has 0 radical (unpaired) electrons. The predicted molar refractivity (Wildman–Crippen MR) is 246 cm³/mol. The molecular weight excluding hydrogens is 866 g/mol. The lowest BCUT2D eigenvalue weighted by atomic mass is 10.1. The molecule has 0 aliphatic carbocycles. The lowest BCUT2D eigenvalue weighted by Crippen LogP contribution is -2.46. The molecule has 3 atom stereocenters. The van der Waals surface area contributed by atoms with Crippen molar-refractivity contribution in [2.75, 3.05) is 26.2 Å². The molecule has 7 rings (SSSR count). The molecule has 17 nitrogen and oxygen atoms in total. The third-order valence-electron chi connectivity index (χ3n) is 11.2. The minimum atomic E-state index is -0.852. The maximum Gasteiger partial charge on any atom is 0.327 e. The molecule has 342 valence electrons. The number of nitrogens with one attached hydrogen (secondary N) is 2. The quantitative estimate of drug-likeness (QED) is 0.0496. The van der Waals surface area contributed by atoms with Crippen LogP contribution in [0.3, 0.4) is 0 Å². The fourth-order valence-corrected chi connectivity index (χ4v) is 8.10. The monoisotopic (exact) mass is 915 g/mol. The van der Waals surface area contributed by atoms with Gasteiger partial charge >= 0.3 is 5.97 Å². The van der Waals surface area contributed by atoms with E-state index in [2.05, 4.69) is 30.9 Å². The van der Waals surface area contributed by atoms with Gasteiger partial charge in [-0.1, -0.05) is 59.2 Å². The van der Waals surface area contributed by atoms with Crippen LogP contribution in [0.1, 0.15) is 64.7 Å². The van der Waals surface area contributed by atoms with Crippen LogP contribution in [0.2, 0.25) is 5.02 Å². The van der Waals surface area contributed by atoms with Gasteiger partial charge in [0, 0.05) is 66.2 Å². The third-order valence-corrected chi connectivity index (χ3v) is 11.4. The molecule has 66 heavy (non-hydrogen) atoms. The fraction of sp³-hybridized carbons (Fsp3) is 0.312. The largest absolute Gasteiger partial charge is 0.488 e. The average Bonchev–Trinajstić information content (AvgIpc) is 4.10. The van der Waals surface area contributed by atoms with Crippen LogP contribution in [0.25, 0.3) is 11.1 Å². The summed E-state index contributed by atoms with van der Waals surface area (Å²) in [6.45, 7) is 4.24. The Morgan fingerprint density at radius 1 is 0.909 bits per heavy atom. The van der Waals surface area contributed by atoms with Gasteiger partial charge in [-0.15, -0.1) is 0 Å². The predicted octanol–water partition coefficient (Wildman–Crippen LogP) is 4.82. The minimum absolute atomic E-state index is 0.0465. The number of halogens is 1. The highest BCUT2D eigenvalue weighted by Gasteiger charge is 2.41. The number of hydrogen-bond donors (Lipinski definition) is 3. The Morgan fingerprint density at radius 2 is 1.65 bits per heavy atom. The van der Waals surface area contributed by atoms with Crippen LogP contribution < -0.4 is 21.2 Å². The summed E-state index contributed by atoms with van der Waals surface area (Å²) in [5, 5.41) is 14.0. The van der Waals surface area contributed by atoms with Crippen LogP contribution >= 0.6 is 11.6 Å². The molecule has 0 bridgehead atoms. The second-order valence-corrected chi connectivity index (χ2v) is 16.2. The first-order valence-electron chi connectivity index (χ1n) is 21.6. The van der Waals surface area contributed by atoms with Crippen molar-refractivity contribution in [3.63, 3.8) is 0 Å². The zero-order valence-corrected chi connectivity index (χ0v) is 37.3. The van der Waals surface area contributed by atoms with Crippen LogP contribution in [-0.4, -0.2) is 106 Å². The number of pyridine rings is 1. The number of aryl methyl sites for hydroxylation is 1. The van der Waals surface area contributed by atoms with Gasteiger partial charge in [0.25, 0.3) is 5.91 Å². The van der Waals surface area contributed by atoms with Crippen LogP contribution in [0.15, 0.2) is 112 Å². The first-order chi connectivity index (χ1) is 32.0. The highest BCUT2D eigenvalue weighted by atomic mass is 35.5. The maximum absolute atomic E-state index is 13.9. The summed E-state index contributed by atoms with van der Waals surface area (Å²) in [5.41, 5.74) is 5.24. The smallest absolute Gasteiger partial charge is 0.327 e. The van der Waals surface area contributed by atoms with E-state index < -0.39 is 24.2 Å². The number of nitrogens with zero attached hydrogens (tertiary/aromatic N) is 6. The number of hydrazone groups is 1. The Balaban J connectivity index is 0.999. The van der Waals surface area contributed by atoms with E-state index in [4.69, 9.17) is 31.4 Å². The Morgan fingerprint density at radius 3 is 2.39 bits per heavy atom. The lowest BCUT2D eigenvalue weighted by molar-refractivity contribution is -0.141. The molecule has 4 N–H and O–H groups in total. The highest BCUT2D eigenvalue weighted by molar-refractivity contribution is 6.38. The summed E-state index contributed by atoms with van der Waals surface area (Å²) in [5.74, 6) is 4.52. The second kappa shape index (κ2) is 22.0. The van der Waals surface area contributed by atoms with Crippen molar-refractivity contribution in [3.05, 3.63) is 136 Å². The summed E-state index contributed by atoms with van der Waals surface area (Å²) in [6.07, 6.45) is 5.36. The number of aromatic nitrogens is 2. The number of carbonyl (C=O) groups is 5. The number of benzene rings is 3. The Kier molecular flexibility index (Phi) is 15.5. The van der Waals surface area contributed by atoms with Gasteiger partial charge in [0.1, 0.15) is 42.0 Å². The van der Waals surface area contributed by atoms with E-state index in [1.165, 1.54) is 16.0 Å². The van der Waals surface area contributed by atoms with Gasteiger partial charge in [0.15, 0.2) is 0 Å². The molecule has 18 heteroatoms. The van der Waals surface area contributed by atoms with Crippen molar-refractivity contribution in [2.24, 2.45) is 15.9 Å². The Labute approximate surface area is 386 Å². The van der Waals surface area contributed by atoms with Crippen molar-refractivity contribution in [3.8, 4) is 16.9 Å². The molecule has 2 fully saturated rings. The second-order valence-electron chi connectivity index (χ2n) is 15.8. The molecule has 0 unspecified atom stereocenters. The molecule has 4 amide bonds. The Hall–Kier alpha value is -7.40.